The Kier molecular flexibility index (Phi) is 18.0. The number of ether oxygens (including phenoxy) is 1. The molecule has 5 nitrogen and oxygen atoms in total. The molecular formula is C32H44ClN3O2. The highest BCUT2D eigenvalue weighted by Crippen LogP contribution is 2.23. The average Bonchev–Trinajstić information content (AvgIpc) is 2.88. The molecule has 0 amide bonds. The molecule has 2 rings (SSSR count). The minimum atomic E-state index is -0.286. The Morgan fingerprint density at radius 2 is 1.87 bits per heavy atom. The van der Waals surface area contributed by atoms with Crippen LogP contribution < -0.4 is 10.3 Å². The van der Waals surface area contributed by atoms with Crippen LogP contribution in [0.3, 0.4) is 0 Å². The fourth-order valence-corrected chi connectivity index (χ4v) is 3.43. The molecule has 3 N–H and O–H groups in total. The number of rotatable bonds is 8. The first-order valence-electron chi connectivity index (χ1n) is 13.0. The molecule has 1 atom stereocenters. The largest absolute Gasteiger partial charge is 0.496 e. The second-order valence-electron chi connectivity index (χ2n) is 8.94. The van der Waals surface area contributed by atoms with Crippen LogP contribution in [0.15, 0.2) is 46.8 Å². The van der Waals surface area contributed by atoms with E-state index in [2.05, 4.69) is 50.6 Å². The van der Waals surface area contributed by atoms with Gasteiger partial charge in [0.05, 0.1) is 18.4 Å². The SMILES string of the molecule is CC(C)=C(C=N)c1cc(C)c(C=N)c(=O)[nH]1.CCC#C/C=C\C(C)CC.CCCc1cc(Cl)ccc1OC. The van der Waals surface area contributed by atoms with Crippen LogP contribution in [0, 0.1) is 35.5 Å². The van der Waals surface area contributed by atoms with Gasteiger partial charge in [-0.25, -0.2) is 0 Å². The molecule has 0 saturated carbocycles. The zero-order valence-corrected chi connectivity index (χ0v) is 25.0. The van der Waals surface area contributed by atoms with Gasteiger partial charge in [0.2, 0.25) is 0 Å². The van der Waals surface area contributed by atoms with Crippen molar-refractivity contribution in [2.24, 2.45) is 5.92 Å². The Labute approximate surface area is 234 Å². The standard InChI is InChI=1S/C12H15N3O.C10H13ClO.C10H16/c1-7(2)9(5-13)11-4-8(3)10(6-14)12(16)15-11;1-3-4-8-7-9(11)5-6-10(8)12-2;1-4-6-7-8-9-10(3)5-2/h4-6,13-14H,1-3H3,(H,15,16);5-7H,3-4H2,1-2H3;8-10H,4-5H2,1-3H3/b;;9-8-. The van der Waals surface area contributed by atoms with Gasteiger partial charge in [-0.2, -0.15) is 0 Å². The normalized spacial score (nSPS) is 10.6. The first-order valence-corrected chi connectivity index (χ1v) is 13.4. The molecule has 0 aliphatic rings. The summed E-state index contributed by atoms with van der Waals surface area (Å²) in [6, 6.07) is 7.51. The van der Waals surface area contributed by atoms with Crippen molar-refractivity contribution in [3.63, 3.8) is 0 Å². The predicted molar refractivity (Wildman–Crippen MR) is 165 cm³/mol. The molecule has 0 aliphatic carbocycles. The van der Waals surface area contributed by atoms with Crippen molar-refractivity contribution >= 4 is 29.6 Å². The molecule has 0 spiro atoms. The van der Waals surface area contributed by atoms with E-state index in [-0.39, 0.29) is 5.56 Å². The Morgan fingerprint density at radius 3 is 2.34 bits per heavy atom. The van der Waals surface area contributed by atoms with Gasteiger partial charge in [0.25, 0.3) is 5.56 Å². The molecule has 0 fully saturated rings. The maximum absolute atomic E-state index is 11.6. The summed E-state index contributed by atoms with van der Waals surface area (Å²) in [6.07, 6.45) is 10.7. The van der Waals surface area contributed by atoms with E-state index in [1.54, 1.807) is 20.1 Å². The molecule has 0 bridgehead atoms. The van der Waals surface area contributed by atoms with E-state index >= 15 is 0 Å². The third kappa shape index (κ3) is 12.7. The third-order valence-corrected chi connectivity index (χ3v) is 5.82. The van der Waals surface area contributed by atoms with Gasteiger partial charge in [-0.15, -0.1) is 0 Å². The monoisotopic (exact) mass is 537 g/mol. The number of halogens is 1. The van der Waals surface area contributed by atoms with Crippen molar-refractivity contribution < 1.29 is 4.74 Å². The van der Waals surface area contributed by atoms with Crippen LogP contribution in [0.1, 0.15) is 83.2 Å². The minimum absolute atomic E-state index is 0.286. The summed E-state index contributed by atoms with van der Waals surface area (Å²) >= 11 is 5.85. The minimum Gasteiger partial charge on any atom is -0.496 e. The molecule has 0 radical (unpaired) electrons. The first kappa shape index (κ1) is 34.6. The summed E-state index contributed by atoms with van der Waals surface area (Å²) in [7, 11) is 1.68. The second kappa shape index (κ2) is 19.7. The lowest BCUT2D eigenvalue weighted by molar-refractivity contribution is 0.409. The molecule has 2 aromatic rings. The van der Waals surface area contributed by atoms with Crippen LogP contribution in [-0.4, -0.2) is 24.5 Å². The number of aryl methyl sites for hydroxylation is 2. The molecule has 1 heterocycles. The van der Waals surface area contributed by atoms with E-state index in [9.17, 15) is 4.79 Å². The maximum atomic E-state index is 11.6. The van der Waals surface area contributed by atoms with Crippen LogP contribution in [0.25, 0.3) is 5.57 Å². The molecule has 1 aromatic carbocycles. The van der Waals surface area contributed by atoms with E-state index in [4.69, 9.17) is 27.2 Å². The van der Waals surface area contributed by atoms with Crippen molar-refractivity contribution in [2.75, 3.05) is 7.11 Å². The van der Waals surface area contributed by atoms with Crippen LogP contribution in [0.4, 0.5) is 0 Å². The van der Waals surface area contributed by atoms with Crippen molar-refractivity contribution in [3.05, 3.63) is 79.8 Å². The number of aromatic amines is 1. The molecule has 0 aliphatic heterocycles. The molecule has 1 unspecified atom stereocenters. The Balaban J connectivity index is 0.000000559. The van der Waals surface area contributed by atoms with E-state index in [0.717, 1.165) is 47.4 Å². The topological polar surface area (TPSA) is 89.8 Å². The fourth-order valence-electron chi connectivity index (χ4n) is 3.24. The van der Waals surface area contributed by atoms with E-state index < -0.39 is 0 Å². The van der Waals surface area contributed by atoms with Crippen LogP contribution >= 0.6 is 11.6 Å². The fraction of sp³-hybridized carbons (Fsp3) is 0.406. The molecule has 38 heavy (non-hydrogen) atoms. The number of allylic oxidation sites excluding steroid dienone is 4. The molecule has 1 aromatic heterocycles. The highest BCUT2D eigenvalue weighted by molar-refractivity contribution is 6.30. The summed E-state index contributed by atoms with van der Waals surface area (Å²) in [5, 5.41) is 15.2. The summed E-state index contributed by atoms with van der Waals surface area (Å²) in [5.74, 6) is 7.56. The van der Waals surface area contributed by atoms with Crippen molar-refractivity contribution in [1.29, 1.82) is 10.8 Å². The number of hydrogen-bond acceptors (Lipinski definition) is 4. The zero-order valence-electron chi connectivity index (χ0n) is 24.2. The molecule has 0 saturated heterocycles. The maximum Gasteiger partial charge on any atom is 0.257 e. The first-order chi connectivity index (χ1) is 18.1. The van der Waals surface area contributed by atoms with Crippen LogP contribution in [0.2, 0.25) is 5.02 Å². The van der Waals surface area contributed by atoms with Gasteiger partial charge >= 0.3 is 0 Å². The second-order valence-corrected chi connectivity index (χ2v) is 9.37. The lowest BCUT2D eigenvalue weighted by Crippen LogP contribution is -2.16. The van der Waals surface area contributed by atoms with Crippen molar-refractivity contribution in [1.82, 2.24) is 4.98 Å². The van der Waals surface area contributed by atoms with E-state index in [1.165, 1.54) is 18.2 Å². The Morgan fingerprint density at radius 1 is 1.18 bits per heavy atom. The number of methoxy groups -OCH3 is 1. The van der Waals surface area contributed by atoms with Crippen molar-refractivity contribution in [3.8, 4) is 17.6 Å². The van der Waals surface area contributed by atoms with Gasteiger partial charge in [-0.3, -0.25) is 4.79 Å². The number of aromatic nitrogens is 1. The number of benzene rings is 1. The quantitative estimate of drug-likeness (QED) is 0.233. The summed E-state index contributed by atoms with van der Waals surface area (Å²) < 4.78 is 5.19. The average molecular weight is 538 g/mol. The van der Waals surface area contributed by atoms with Gasteiger partial charge in [-0.1, -0.05) is 75.6 Å². The summed E-state index contributed by atoms with van der Waals surface area (Å²) in [6.45, 7) is 14.1. The molecular weight excluding hydrogens is 494 g/mol. The zero-order chi connectivity index (χ0) is 29.1. The van der Waals surface area contributed by atoms with E-state index in [1.807, 2.05) is 38.1 Å². The Bertz CT molecular complexity index is 1210. The smallest absolute Gasteiger partial charge is 0.257 e. The number of nitrogens with one attached hydrogen (secondary N) is 3. The van der Waals surface area contributed by atoms with E-state index in [0.29, 0.717) is 22.7 Å². The lowest BCUT2D eigenvalue weighted by Gasteiger charge is -2.07. The van der Waals surface area contributed by atoms with Gasteiger partial charge in [0, 0.05) is 29.4 Å². The van der Waals surface area contributed by atoms with Crippen LogP contribution in [-0.2, 0) is 6.42 Å². The highest BCUT2D eigenvalue weighted by Gasteiger charge is 2.07. The number of hydrogen-bond donors (Lipinski definition) is 3. The highest BCUT2D eigenvalue weighted by atomic mass is 35.5. The number of H-pyrrole nitrogens is 1. The van der Waals surface area contributed by atoms with Gasteiger partial charge in [0.1, 0.15) is 5.75 Å². The van der Waals surface area contributed by atoms with Crippen LogP contribution in [0.5, 0.6) is 5.75 Å². The summed E-state index contributed by atoms with van der Waals surface area (Å²) in [5.41, 5.74) is 4.31. The predicted octanol–water partition coefficient (Wildman–Crippen LogP) is 8.43. The van der Waals surface area contributed by atoms with Gasteiger partial charge < -0.3 is 20.5 Å². The molecule has 6 heteroatoms. The number of pyridine rings is 1. The van der Waals surface area contributed by atoms with Gasteiger partial charge in [0.15, 0.2) is 0 Å². The lowest BCUT2D eigenvalue weighted by atomic mass is 10.0. The van der Waals surface area contributed by atoms with Crippen molar-refractivity contribution in [2.45, 2.75) is 74.1 Å². The Hall–Kier alpha value is -3.36. The van der Waals surface area contributed by atoms with Gasteiger partial charge in [-0.05, 0) is 74.6 Å². The third-order valence-electron chi connectivity index (χ3n) is 5.59. The molecule has 206 valence electrons. The summed E-state index contributed by atoms with van der Waals surface area (Å²) in [4.78, 5) is 14.3.